The van der Waals surface area contributed by atoms with Gasteiger partial charge in [0.15, 0.2) is 0 Å². The largest absolute Gasteiger partial charge is 0.328 e. The van der Waals surface area contributed by atoms with E-state index in [2.05, 4.69) is 10.3 Å². The first-order valence-corrected chi connectivity index (χ1v) is 5.18. The normalized spacial score (nSPS) is 20.3. The molecular formula is C10H12N4O2. The Hall–Kier alpha value is -1.87. The molecule has 84 valence electrons. The van der Waals surface area contributed by atoms with Gasteiger partial charge in [-0.1, -0.05) is 0 Å². The van der Waals surface area contributed by atoms with Crippen molar-refractivity contribution in [1.29, 1.82) is 5.26 Å². The standard InChI is InChI=1S/C10H12N4O2/c11-4-7-6-14(10(16)13-9(7)15)8-2-1-3-12-5-8/h6,8,12H,1-3,5H2,(H,13,15,16). The summed E-state index contributed by atoms with van der Waals surface area (Å²) in [4.78, 5) is 24.9. The highest BCUT2D eigenvalue weighted by atomic mass is 16.2. The first kappa shape index (κ1) is 10.6. The molecule has 1 aromatic rings. The molecule has 0 amide bonds. The molecular weight excluding hydrogens is 208 g/mol. The van der Waals surface area contributed by atoms with Crippen LogP contribution < -0.4 is 16.6 Å². The zero-order valence-corrected chi connectivity index (χ0v) is 8.69. The van der Waals surface area contributed by atoms with E-state index in [1.165, 1.54) is 10.8 Å². The van der Waals surface area contributed by atoms with E-state index in [0.29, 0.717) is 6.54 Å². The highest BCUT2D eigenvalue weighted by Crippen LogP contribution is 2.13. The van der Waals surface area contributed by atoms with Crippen molar-refractivity contribution in [2.75, 3.05) is 13.1 Å². The number of nitrogens with one attached hydrogen (secondary N) is 2. The summed E-state index contributed by atoms with van der Waals surface area (Å²) in [5.74, 6) is 0. The average Bonchev–Trinajstić information content (AvgIpc) is 2.30. The smallest absolute Gasteiger partial charge is 0.315 e. The minimum absolute atomic E-state index is 0.0187. The Balaban J connectivity index is 2.44. The van der Waals surface area contributed by atoms with Gasteiger partial charge in [-0.2, -0.15) is 5.26 Å². The fraction of sp³-hybridized carbons (Fsp3) is 0.500. The van der Waals surface area contributed by atoms with Gasteiger partial charge in [-0.3, -0.25) is 14.3 Å². The van der Waals surface area contributed by atoms with Gasteiger partial charge in [-0.05, 0) is 19.4 Å². The lowest BCUT2D eigenvalue weighted by atomic mass is 10.1. The zero-order chi connectivity index (χ0) is 11.5. The van der Waals surface area contributed by atoms with Crippen molar-refractivity contribution in [2.24, 2.45) is 0 Å². The summed E-state index contributed by atoms with van der Waals surface area (Å²) in [7, 11) is 0. The third-order valence-corrected chi connectivity index (χ3v) is 2.75. The SMILES string of the molecule is N#Cc1cn(C2CCCNC2)c(=O)[nH]c1=O. The predicted molar refractivity (Wildman–Crippen MR) is 57.2 cm³/mol. The van der Waals surface area contributed by atoms with Crippen molar-refractivity contribution in [3.63, 3.8) is 0 Å². The molecule has 0 spiro atoms. The van der Waals surface area contributed by atoms with E-state index in [9.17, 15) is 9.59 Å². The fourth-order valence-electron chi connectivity index (χ4n) is 1.91. The molecule has 0 radical (unpaired) electrons. The van der Waals surface area contributed by atoms with Crippen molar-refractivity contribution in [1.82, 2.24) is 14.9 Å². The van der Waals surface area contributed by atoms with Gasteiger partial charge < -0.3 is 5.32 Å². The molecule has 1 atom stereocenters. The van der Waals surface area contributed by atoms with Gasteiger partial charge in [-0.15, -0.1) is 0 Å². The summed E-state index contributed by atoms with van der Waals surface area (Å²) in [6.07, 6.45) is 3.21. The topological polar surface area (TPSA) is 90.7 Å². The molecule has 6 nitrogen and oxygen atoms in total. The third-order valence-electron chi connectivity index (χ3n) is 2.75. The van der Waals surface area contributed by atoms with E-state index in [0.717, 1.165) is 19.4 Å². The molecule has 1 aliphatic heterocycles. The van der Waals surface area contributed by atoms with Crippen LogP contribution in [0.15, 0.2) is 15.8 Å². The monoisotopic (exact) mass is 220 g/mol. The maximum atomic E-state index is 11.6. The van der Waals surface area contributed by atoms with E-state index < -0.39 is 11.2 Å². The van der Waals surface area contributed by atoms with Crippen LogP contribution in [0.25, 0.3) is 0 Å². The minimum Gasteiger partial charge on any atom is -0.315 e. The summed E-state index contributed by atoms with van der Waals surface area (Å²) < 4.78 is 1.44. The third kappa shape index (κ3) is 1.90. The Morgan fingerprint density at radius 2 is 2.31 bits per heavy atom. The van der Waals surface area contributed by atoms with Gasteiger partial charge in [0.25, 0.3) is 5.56 Å². The molecule has 2 N–H and O–H groups in total. The Bertz CT molecular complexity index is 531. The second-order valence-electron chi connectivity index (χ2n) is 3.82. The number of nitrogens with zero attached hydrogens (tertiary/aromatic N) is 2. The lowest BCUT2D eigenvalue weighted by Gasteiger charge is -2.24. The van der Waals surface area contributed by atoms with Crippen molar-refractivity contribution >= 4 is 0 Å². The maximum Gasteiger partial charge on any atom is 0.328 e. The molecule has 0 bridgehead atoms. The van der Waals surface area contributed by atoms with Crippen molar-refractivity contribution in [2.45, 2.75) is 18.9 Å². The average molecular weight is 220 g/mol. The highest BCUT2D eigenvalue weighted by molar-refractivity contribution is 5.21. The Labute approximate surface area is 91.5 Å². The molecule has 2 heterocycles. The number of piperidine rings is 1. The fourth-order valence-corrected chi connectivity index (χ4v) is 1.91. The first-order valence-electron chi connectivity index (χ1n) is 5.18. The van der Waals surface area contributed by atoms with E-state index in [1.807, 2.05) is 0 Å². The van der Waals surface area contributed by atoms with E-state index in [4.69, 9.17) is 5.26 Å². The Morgan fingerprint density at radius 1 is 1.50 bits per heavy atom. The summed E-state index contributed by atoms with van der Waals surface area (Å²) in [5, 5.41) is 11.9. The minimum atomic E-state index is -0.618. The number of hydrogen-bond donors (Lipinski definition) is 2. The van der Waals surface area contributed by atoms with Crippen LogP contribution in [0.4, 0.5) is 0 Å². The lowest BCUT2D eigenvalue weighted by molar-refractivity contribution is 0.359. The number of aromatic amines is 1. The summed E-state index contributed by atoms with van der Waals surface area (Å²) >= 11 is 0. The van der Waals surface area contributed by atoms with Crippen LogP contribution in [0.5, 0.6) is 0 Å². The number of H-pyrrole nitrogens is 1. The molecule has 2 rings (SSSR count). The number of rotatable bonds is 1. The first-order chi connectivity index (χ1) is 7.72. The molecule has 16 heavy (non-hydrogen) atoms. The highest BCUT2D eigenvalue weighted by Gasteiger charge is 2.17. The Kier molecular flexibility index (Phi) is 2.88. The van der Waals surface area contributed by atoms with Gasteiger partial charge in [0.1, 0.15) is 11.6 Å². The summed E-state index contributed by atoms with van der Waals surface area (Å²) in [6, 6.07) is 1.80. The predicted octanol–water partition coefficient (Wildman–Crippen LogP) is -0.667. The number of aromatic nitrogens is 2. The second-order valence-corrected chi connectivity index (χ2v) is 3.82. The quantitative estimate of drug-likeness (QED) is 0.657. The van der Waals surface area contributed by atoms with Crippen LogP contribution in [-0.4, -0.2) is 22.6 Å². The molecule has 1 aliphatic rings. The molecule has 6 heteroatoms. The Morgan fingerprint density at radius 3 is 2.94 bits per heavy atom. The van der Waals surface area contributed by atoms with Crippen molar-refractivity contribution in [3.8, 4) is 6.07 Å². The second kappa shape index (κ2) is 4.33. The molecule has 0 aliphatic carbocycles. The number of nitriles is 1. The van der Waals surface area contributed by atoms with Gasteiger partial charge in [0.2, 0.25) is 0 Å². The van der Waals surface area contributed by atoms with Crippen LogP contribution >= 0.6 is 0 Å². The van der Waals surface area contributed by atoms with Gasteiger partial charge in [0.05, 0.1) is 6.04 Å². The maximum absolute atomic E-state index is 11.6. The molecule has 0 aromatic carbocycles. The van der Waals surface area contributed by atoms with Crippen LogP contribution in [0.1, 0.15) is 24.4 Å². The van der Waals surface area contributed by atoms with E-state index >= 15 is 0 Å². The van der Waals surface area contributed by atoms with Gasteiger partial charge >= 0.3 is 5.69 Å². The summed E-state index contributed by atoms with van der Waals surface area (Å²) in [5.41, 5.74) is -1.09. The van der Waals surface area contributed by atoms with Gasteiger partial charge in [0, 0.05) is 12.7 Å². The molecule has 1 saturated heterocycles. The van der Waals surface area contributed by atoms with Crippen LogP contribution in [0.3, 0.4) is 0 Å². The molecule has 1 fully saturated rings. The van der Waals surface area contributed by atoms with Crippen LogP contribution in [0, 0.1) is 11.3 Å². The van der Waals surface area contributed by atoms with Crippen LogP contribution in [-0.2, 0) is 0 Å². The molecule has 1 aromatic heterocycles. The van der Waals surface area contributed by atoms with Gasteiger partial charge in [-0.25, -0.2) is 4.79 Å². The lowest BCUT2D eigenvalue weighted by Crippen LogP contribution is -2.39. The number of hydrogen-bond acceptors (Lipinski definition) is 4. The van der Waals surface area contributed by atoms with Crippen molar-refractivity contribution in [3.05, 3.63) is 32.6 Å². The molecule has 0 saturated carbocycles. The molecule has 1 unspecified atom stereocenters. The van der Waals surface area contributed by atoms with Crippen molar-refractivity contribution < 1.29 is 0 Å². The zero-order valence-electron chi connectivity index (χ0n) is 8.69. The van der Waals surface area contributed by atoms with E-state index in [-0.39, 0.29) is 11.6 Å². The van der Waals surface area contributed by atoms with Crippen LogP contribution in [0.2, 0.25) is 0 Å². The van der Waals surface area contributed by atoms with E-state index in [1.54, 1.807) is 6.07 Å². The summed E-state index contributed by atoms with van der Waals surface area (Å²) in [6.45, 7) is 1.64.